The summed E-state index contributed by atoms with van der Waals surface area (Å²) < 4.78 is 14.4. The fraction of sp³-hybridized carbons (Fsp3) is 0.667. The molecule has 1 aromatic heterocycles. The number of aryl methyl sites for hydroxylation is 2. The highest BCUT2D eigenvalue weighted by molar-refractivity contribution is 6.00. The lowest BCUT2D eigenvalue weighted by atomic mass is 10.0. The molecule has 3 saturated heterocycles. The van der Waals surface area contributed by atoms with Gasteiger partial charge in [0.1, 0.15) is 17.7 Å². The minimum absolute atomic E-state index is 0.0853. The number of hydrogen-bond donors (Lipinski definition) is 3. The van der Waals surface area contributed by atoms with E-state index in [1.54, 1.807) is 11.6 Å². The van der Waals surface area contributed by atoms with E-state index in [2.05, 4.69) is 15.5 Å². The number of aliphatic carboxylic acids is 1. The number of aromatic nitrogens is 2. The summed E-state index contributed by atoms with van der Waals surface area (Å²) in [5.74, 6) is -1.60. The maximum absolute atomic E-state index is 13.0. The molecule has 14 nitrogen and oxygen atoms in total. The number of amides is 3. The van der Waals surface area contributed by atoms with Crippen LogP contribution in [0.15, 0.2) is 23.0 Å². The SMILES string of the molecule is Cn1c(=O)n(C2CCC(=O)NC2=O)c2ccc(CCCCN3CCN(C[C@@H]4CC[C@@H](NC(=O)OC(C)(C)C)CO4)[C@H](C(=O)O)C3)cc21. The van der Waals surface area contributed by atoms with Gasteiger partial charge in [-0.3, -0.25) is 38.6 Å². The first-order valence-corrected chi connectivity index (χ1v) is 16.6. The predicted molar refractivity (Wildman–Crippen MR) is 173 cm³/mol. The van der Waals surface area contributed by atoms with Crippen molar-refractivity contribution in [2.24, 2.45) is 7.05 Å². The number of carbonyl (C=O) groups is 4. The molecule has 5 rings (SSSR count). The second-order valence-electron chi connectivity index (χ2n) is 14.0. The number of hydrogen-bond acceptors (Lipinski definition) is 9. The van der Waals surface area contributed by atoms with Crippen LogP contribution in [0.25, 0.3) is 11.0 Å². The van der Waals surface area contributed by atoms with Crippen LogP contribution in [0.1, 0.15) is 70.9 Å². The van der Waals surface area contributed by atoms with Crippen molar-refractivity contribution >= 4 is 34.9 Å². The molecule has 4 atom stereocenters. The largest absolute Gasteiger partial charge is 0.480 e. The fourth-order valence-electron chi connectivity index (χ4n) is 6.79. The Morgan fingerprint density at radius 3 is 2.55 bits per heavy atom. The second-order valence-corrected chi connectivity index (χ2v) is 14.0. The van der Waals surface area contributed by atoms with Crippen molar-refractivity contribution in [1.29, 1.82) is 0 Å². The molecule has 0 bridgehead atoms. The standard InChI is InChI=1S/C33H48N6O8/c1-33(2,3)47-31(44)34-22-9-10-23(46-20-22)18-38-16-15-37(19-27(38)30(42)43)14-6-5-7-21-8-11-24-26(17-21)36(4)32(45)39(24)25-12-13-28(40)35-29(25)41/h8,11,17,22-23,25,27H,5-7,9-10,12-16,18-20H2,1-4H3,(H,34,44)(H,42,43)(H,35,40,41)/t22-,23+,25?,27+/m1/s1. The summed E-state index contributed by atoms with van der Waals surface area (Å²) in [5, 5.41) is 15.2. The second kappa shape index (κ2) is 14.6. The monoisotopic (exact) mass is 656 g/mol. The van der Waals surface area contributed by atoms with Crippen LogP contribution >= 0.6 is 0 Å². The Balaban J connectivity index is 1.07. The summed E-state index contributed by atoms with van der Waals surface area (Å²) in [7, 11) is 1.69. The highest BCUT2D eigenvalue weighted by atomic mass is 16.6. The molecule has 1 aromatic carbocycles. The molecule has 47 heavy (non-hydrogen) atoms. The van der Waals surface area contributed by atoms with Gasteiger partial charge in [-0.1, -0.05) is 6.07 Å². The topological polar surface area (TPSA) is 164 Å². The number of nitrogens with one attached hydrogen (secondary N) is 2. The number of piperazine rings is 1. The van der Waals surface area contributed by atoms with E-state index < -0.39 is 35.7 Å². The van der Waals surface area contributed by atoms with E-state index in [-0.39, 0.29) is 30.2 Å². The van der Waals surface area contributed by atoms with E-state index in [0.29, 0.717) is 38.2 Å². The van der Waals surface area contributed by atoms with Crippen LogP contribution in [-0.4, -0.2) is 111 Å². The van der Waals surface area contributed by atoms with Gasteiger partial charge in [-0.2, -0.15) is 0 Å². The zero-order valence-corrected chi connectivity index (χ0v) is 27.8. The van der Waals surface area contributed by atoms with Gasteiger partial charge in [-0.25, -0.2) is 9.59 Å². The molecule has 0 aliphatic carbocycles. The van der Waals surface area contributed by atoms with Crippen molar-refractivity contribution in [2.45, 2.75) is 95.5 Å². The first-order valence-electron chi connectivity index (χ1n) is 16.6. The number of benzene rings is 1. The zero-order chi connectivity index (χ0) is 33.9. The third-order valence-corrected chi connectivity index (χ3v) is 9.25. The van der Waals surface area contributed by atoms with Gasteiger partial charge >= 0.3 is 17.8 Å². The Labute approximate surface area is 274 Å². The molecule has 4 heterocycles. The Hall–Kier alpha value is -3.75. The van der Waals surface area contributed by atoms with E-state index in [0.717, 1.165) is 56.3 Å². The zero-order valence-electron chi connectivity index (χ0n) is 27.8. The molecule has 14 heteroatoms. The molecule has 3 aliphatic heterocycles. The Morgan fingerprint density at radius 1 is 1.09 bits per heavy atom. The molecule has 3 amide bonds. The number of nitrogens with zero attached hydrogens (tertiary/aromatic N) is 4. The van der Waals surface area contributed by atoms with Crippen molar-refractivity contribution in [3.05, 3.63) is 34.2 Å². The van der Waals surface area contributed by atoms with Gasteiger partial charge in [0, 0.05) is 39.6 Å². The minimum atomic E-state index is -0.835. The third-order valence-electron chi connectivity index (χ3n) is 9.25. The molecular weight excluding hydrogens is 608 g/mol. The molecule has 2 aromatic rings. The number of unbranched alkanes of at least 4 members (excludes halogenated alkanes) is 1. The van der Waals surface area contributed by atoms with Crippen LogP contribution in [-0.2, 0) is 37.3 Å². The van der Waals surface area contributed by atoms with Crippen LogP contribution in [0, 0.1) is 0 Å². The molecule has 258 valence electrons. The summed E-state index contributed by atoms with van der Waals surface area (Å²) in [6.07, 6.45) is 4.04. The Bertz CT molecular complexity index is 1540. The van der Waals surface area contributed by atoms with Gasteiger partial charge in [-0.05, 0) is 83.5 Å². The number of imidazole rings is 1. The van der Waals surface area contributed by atoms with Gasteiger partial charge < -0.3 is 19.9 Å². The molecule has 3 fully saturated rings. The van der Waals surface area contributed by atoms with Crippen LogP contribution in [0.5, 0.6) is 0 Å². The van der Waals surface area contributed by atoms with Crippen LogP contribution < -0.4 is 16.3 Å². The van der Waals surface area contributed by atoms with Gasteiger partial charge in [0.2, 0.25) is 11.8 Å². The van der Waals surface area contributed by atoms with E-state index in [1.165, 1.54) is 4.57 Å². The predicted octanol–water partition coefficient (Wildman–Crippen LogP) is 1.78. The number of carbonyl (C=O) groups excluding carboxylic acids is 3. The number of ether oxygens (including phenoxy) is 2. The van der Waals surface area contributed by atoms with E-state index >= 15 is 0 Å². The quantitative estimate of drug-likeness (QED) is 0.254. The minimum Gasteiger partial charge on any atom is -0.480 e. The Morgan fingerprint density at radius 2 is 1.87 bits per heavy atom. The maximum Gasteiger partial charge on any atom is 0.407 e. The summed E-state index contributed by atoms with van der Waals surface area (Å²) in [6, 6.07) is 4.40. The van der Waals surface area contributed by atoms with Crippen molar-refractivity contribution in [3.63, 3.8) is 0 Å². The summed E-state index contributed by atoms with van der Waals surface area (Å²) in [6.45, 7) is 9.04. The normalized spacial score (nSPS) is 24.7. The molecule has 1 unspecified atom stereocenters. The number of carboxylic acid groups (broad SMARTS) is 1. The number of carboxylic acids is 1. The lowest BCUT2D eigenvalue weighted by Crippen LogP contribution is -2.58. The smallest absolute Gasteiger partial charge is 0.407 e. The molecule has 0 spiro atoms. The van der Waals surface area contributed by atoms with Crippen molar-refractivity contribution in [3.8, 4) is 0 Å². The van der Waals surface area contributed by atoms with Crippen molar-refractivity contribution in [1.82, 2.24) is 29.6 Å². The van der Waals surface area contributed by atoms with E-state index in [9.17, 15) is 29.1 Å². The number of alkyl carbamates (subject to hydrolysis) is 1. The van der Waals surface area contributed by atoms with Crippen LogP contribution in [0.2, 0.25) is 0 Å². The maximum atomic E-state index is 13.0. The fourth-order valence-corrected chi connectivity index (χ4v) is 6.79. The number of rotatable bonds is 10. The lowest BCUT2D eigenvalue weighted by Gasteiger charge is -2.41. The van der Waals surface area contributed by atoms with Gasteiger partial charge in [-0.15, -0.1) is 0 Å². The number of fused-ring (bicyclic) bond motifs is 1. The first-order chi connectivity index (χ1) is 22.3. The highest BCUT2D eigenvalue weighted by Gasteiger charge is 2.35. The summed E-state index contributed by atoms with van der Waals surface area (Å²) in [4.78, 5) is 65.6. The third kappa shape index (κ3) is 8.59. The highest BCUT2D eigenvalue weighted by Crippen LogP contribution is 2.25. The van der Waals surface area contributed by atoms with Crippen molar-refractivity contribution in [2.75, 3.05) is 39.3 Å². The van der Waals surface area contributed by atoms with Gasteiger partial charge in [0.05, 0.1) is 29.8 Å². The van der Waals surface area contributed by atoms with Crippen molar-refractivity contribution < 1.29 is 33.8 Å². The van der Waals surface area contributed by atoms with Gasteiger partial charge in [0.25, 0.3) is 0 Å². The molecule has 3 aliphatic rings. The number of piperidine rings is 1. The lowest BCUT2D eigenvalue weighted by molar-refractivity contribution is -0.147. The number of imide groups is 1. The van der Waals surface area contributed by atoms with Gasteiger partial charge in [0.15, 0.2) is 0 Å². The molecule has 0 saturated carbocycles. The first kappa shape index (κ1) is 34.6. The average Bonchev–Trinajstić information content (AvgIpc) is 3.24. The molecule has 3 N–H and O–H groups in total. The molecule has 0 radical (unpaired) electrons. The van der Waals surface area contributed by atoms with E-state index in [4.69, 9.17) is 9.47 Å². The van der Waals surface area contributed by atoms with E-state index in [1.807, 2.05) is 43.9 Å². The summed E-state index contributed by atoms with van der Waals surface area (Å²) in [5.41, 5.74) is 1.65. The summed E-state index contributed by atoms with van der Waals surface area (Å²) >= 11 is 0. The molecular formula is C33H48N6O8. The van der Waals surface area contributed by atoms with Crippen LogP contribution in [0.3, 0.4) is 0 Å². The Kier molecular flexibility index (Phi) is 10.7. The average molecular weight is 657 g/mol. The van der Waals surface area contributed by atoms with Crippen LogP contribution in [0.4, 0.5) is 4.79 Å².